The smallest absolute Gasteiger partial charge is 0.146 e. The summed E-state index contributed by atoms with van der Waals surface area (Å²) >= 11 is 6.95. The van der Waals surface area contributed by atoms with Crippen LogP contribution in [-0.2, 0) is 0 Å². The van der Waals surface area contributed by atoms with Gasteiger partial charge in [-0.25, -0.2) is 0 Å². The summed E-state index contributed by atoms with van der Waals surface area (Å²) in [6, 6.07) is 4.25. The normalized spacial score (nSPS) is 12.5. The van der Waals surface area contributed by atoms with Gasteiger partial charge in [0.1, 0.15) is 5.75 Å². The fourth-order valence-electron chi connectivity index (χ4n) is 1.45. The molecule has 0 spiro atoms. The third kappa shape index (κ3) is 5.77. The highest BCUT2D eigenvalue weighted by Crippen LogP contribution is 2.30. The van der Waals surface area contributed by atoms with Crippen LogP contribution < -0.4 is 4.74 Å². The predicted octanol–water partition coefficient (Wildman–Crippen LogP) is 4.43. The van der Waals surface area contributed by atoms with E-state index in [-0.39, 0.29) is 12.7 Å². The molecule has 0 aromatic heterocycles. The second-order valence-electron chi connectivity index (χ2n) is 3.85. The monoisotopic (exact) mass is 572 g/mol. The Hall–Kier alpha value is 1.17. The van der Waals surface area contributed by atoms with Crippen LogP contribution in [0.25, 0.3) is 0 Å². The van der Waals surface area contributed by atoms with E-state index in [0.29, 0.717) is 0 Å². The molecule has 0 heterocycles. The first kappa shape index (κ1) is 16.2. The zero-order valence-corrected chi connectivity index (χ0v) is 16.0. The largest absolute Gasteiger partial charge is 0.488 e. The highest BCUT2D eigenvalue weighted by Gasteiger charge is 2.11. The molecule has 17 heavy (non-hydrogen) atoms. The van der Waals surface area contributed by atoms with Gasteiger partial charge in [-0.2, -0.15) is 0 Å². The summed E-state index contributed by atoms with van der Waals surface area (Å²) in [6.07, 6.45) is 3.05. The maximum atomic E-state index is 8.74. The lowest BCUT2D eigenvalue weighted by Crippen LogP contribution is -2.13. The molecule has 96 valence electrons. The molecule has 1 aromatic carbocycles. The van der Waals surface area contributed by atoms with Crippen molar-refractivity contribution >= 4 is 67.8 Å². The molecule has 0 bridgehead atoms. The Morgan fingerprint density at radius 3 is 2.29 bits per heavy atom. The van der Waals surface area contributed by atoms with Crippen LogP contribution in [0.5, 0.6) is 5.75 Å². The molecule has 0 saturated heterocycles. The summed E-state index contributed by atoms with van der Waals surface area (Å²) in [5, 5.41) is 8.74. The molecule has 0 aliphatic heterocycles. The lowest BCUT2D eigenvalue weighted by molar-refractivity contribution is 0.197. The van der Waals surface area contributed by atoms with Crippen molar-refractivity contribution in [2.45, 2.75) is 32.3 Å². The van der Waals surface area contributed by atoms with Crippen LogP contribution in [0, 0.1) is 10.7 Å². The minimum Gasteiger partial charge on any atom is -0.488 e. The van der Waals surface area contributed by atoms with E-state index in [2.05, 4.69) is 86.8 Å². The van der Waals surface area contributed by atoms with Gasteiger partial charge in [0.2, 0.25) is 0 Å². The summed E-state index contributed by atoms with van der Waals surface area (Å²) in [7, 11) is 0. The van der Waals surface area contributed by atoms with E-state index in [0.717, 1.165) is 32.2 Å². The van der Waals surface area contributed by atoms with Crippen LogP contribution in [0.3, 0.4) is 0 Å². The van der Waals surface area contributed by atoms with Crippen molar-refractivity contribution in [2.24, 2.45) is 0 Å². The Balaban J connectivity index is 2.61. The summed E-state index contributed by atoms with van der Waals surface area (Å²) in [4.78, 5) is 0. The number of hydrogen-bond donors (Lipinski definition) is 1. The maximum absolute atomic E-state index is 8.74. The second-order valence-corrected chi connectivity index (χ2v) is 7.42. The Morgan fingerprint density at radius 2 is 1.76 bits per heavy atom. The number of unbranched alkanes of at least 4 members (excludes halogenated alkanes) is 1. The van der Waals surface area contributed by atoms with E-state index in [9.17, 15) is 0 Å². The summed E-state index contributed by atoms with van der Waals surface area (Å²) in [6.45, 7) is 2.35. The quantitative estimate of drug-likeness (QED) is 0.404. The molecule has 1 N–H and O–H groups in total. The van der Waals surface area contributed by atoms with Gasteiger partial charge < -0.3 is 9.84 Å². The predicted molar refractivity (Wildman–Crippen MR) is 95.6 cm³/mol. The number of aliphatic hydroxyl groups excluding tert-OH is 1. The van der Waals surface area contributed by atoms with Crippen molar-refractivity contribution in [1.82, 2.24) is 0 Å². The Morgan fingerprint density at radius 1 is 1.18 bits per heavy atom. The van der Waals surface area contributed by atoms with Gasteiger partial charge in [-0.1, -0.05) is 0 Å². The van der Waals surface area contributed by atoms with Crippen molar-refractivity contribution in [3.05, 3.63) is 22.8 Å². The molecule has 0 aliphatic carbocycles. The first-order chi connectivity index (χ1) is 8.04. The van der Waals surface area contributed by atoms with Crippen LogP contribution in [0.2, 0.25) is 0 Å². The standard InChI is InChI=1S/C12H15I3O2/c1-8(4-2-3-5-16)17-12-10(14)6-9(13)7-11(12)15/h6-8,16H,2-5H2,1H3. The van der Waals surface area contributed by atoms with Crippen molar-refractivity contribution in [1.29, 1.82) is 0 Å². The topological polar surface area (TPSA) is 29.5 Å². The van der Waals surface area contributed by atoms with Crippen molar-refractivity contribution < 1.29 is 9.84 Å². The molecule has 1 atom stereocenters. The Bertz CT molecular complexity index is 346. The average molecular weight is 572 g/mol. The molecule has 0 radical (unpaired) electrons. The SMILES string of the molecule is CC(CCCCO)Oc1c(I)cc(I)cc1I. The number of ether oxygens (including phenoxy) is 1. The van der Waals surface area contributed by atoms with Crippen LogP contribution in [0.1, 0.15) is 26.2 Å². The maximum Gasteiger partial charge on any atom is 0.146 e. The minimum absolute atomic E-state index is 0.198. The third-order valence-electron chi connectivity index (χ3n) is 2.30. The van der Waals surface area contributed by atoms with E-state index in [1.807, 2.05) is 0 Å². The lowest BCUT2D eigenvalue weighted by Gasteiger charge is -2.17. The molecule has 1 aromatic rings. The number of hydrogen-bond acceptors (Lipinski definition) is 2. The van der Waals surface area contributed by atoms with Gasteiger partial charge in [0.25, 0.3) is 0 Å². The summed E-state index contributed by atoms with van der Waals surface area (Å²) in [5.74, 6) is 0.989. The summed E-state index contributed by atoms with van der Waals surface area (Å²) in [5.41, 5.74) is 0. The third-order valence-corrected chi connectivity index (χ3v) is 4.53. The Kier molecular flexibility index (Phi) is 7.98. The van der Waals surface area contributed by atoms with Crippen molar-refractivity contribution in [3.8, 4) is 5.75 Å². The van der Waals surface area contributed by atoms with Gasteiger partial charge in [0, 0.05) is 10.2 Å². The fourth-order valence-corrected chi connectivity index (χ4v) is 5.28. The zero-order valence-electron chi connectivity index (χ0n) is 9.55. The average Bonchev–Trinajstić information content (AvgIpc) is 2.24. The van der Waals surface area contributed by atoms with Crippen LogP contribution >= 0.6 is 67.8 Å². The molecule has 2 nitrogen and oxygen atoms in total. The lowest BCUT2D eigenvalue weighted by atomic mass is 10.2. The molecular weight excluding hydrogens is 557 g/mol. The number of aliphatic hydroxyl groups is 1. The molecule has 0 saturated carbocycles. The zero-order chi connectivity index (χ0) is 12.8. The van der Waals surface area contributed by atoms with E-state index < -0.39 is 0 Å². The van der Waals surface area contributed by atoms with E-state index in [4.69, 9.17) is 9.84 Å². The van der Waals surface area contributed by atoms with Gasteiger partial charge in [0.05, 0.1) is 13.2 Å². The van der Waals surface area contributed by atoms with Gasteiger partial charge in [0.15, 0.2) is 0 Å². The number of rotatable bonds is 6. The highest BCUT2D eigenvalue weighted by molar-refractivity contribution is 14.1. The van der Waals surface area contributed by atoms with Crippen LogP contribution in [-0.4, -0.2) is 17.8 Å². The number of benzene rings is 1. The van der Waals surface area contributed by atoms with Gasteiger partial charge in [-0.3, -0.25) is 0 Å². The first-order valence-electron chi connectivity index (χ1n) is 5.46. The first-order valence-corrected chi connectivity index (χ1v) is 8.70. The van der Waals surface area contributed by atoms with E-state index in [1.165, 1.54) is 3.57 Å². The minimum atomic E-state index is 0.198. The molecule has 1 rings (SSSR count). The van der Waals surface area contributed by atoms with Gasteiger partial charge in [-0.05, 0) is 106 Å². The Labute approximate surface area is 143 Å². The molecule has 0 aliphatic rings. The molecule has 0 amide bonds. The molecule has 1 unspecified atom stereocenters. The second kappa shape index (κ2) is 8.36. The van der Waals surface area contributed by atoms with Crippen LogP contribution in [0.15, 0.2) is 12.1 Å². The van der Waals surface area contributed by atoms with E-state index in [1.54, 1.807) is 0 Å². The summed E-state index contributed by atoms with van der Waals surface area (Å²) < 4.78 is 9.53. The van der Waals surface area contributed by atoms with Crippen LogP contribution in [0.4, 0.5) is 0 Å². The fraction of sp³-hybridized carbons (Fsp3) is 0.500. The highest BCUT2D eigenvalue weighted by atomic mass is 127. The van der Waals surface area contributed by atoms with Crippen molar-refractivity contribution in [2.75, 3.05) is 6.61 Å². The molecule has 5 heteroatoms. The molecular formula is C12H15I3O2. The van der Waals surface area contributed by atoms with Gasteiger partial charge in [-0.15, -0.1) is 0 Å². The van der Waals surface area contributed by atoms with Crippen molar-refractivity contribution in [3.63, 3.8) is 0 Å². The number of halogens is 3. The van der Waals surface area contributed by atoms with Gasteiger partial charge >= 0.3 is 0 Å². The van der Waals surface area contributed by atoms with E-state index >= 15 is 0 Å². The molecule has 0 fully saturated rings.